The van der Waals surface area contributed by atoms with Crippen LogP contribution in [0.3, 0.4) is 0 Å². The van der Waals surface area contributed by atoms with Crippen molar-refractivity contribution in [3.63, 3.8) is 0 Å². The number of hydrogen-bond acceptors (Lipinski definition) is 7. The molecule has 6 nitrogen and oxygen atoms in total. The second-order valence-electron chi connectivity index (χ2n) is 6.59. The number of rotatable bonds is 9. The Morgan fingerprint density at radius 3 is 2.57 bits per heavy atom. The summed E-state index contributed by atoms with van der Waals surface area (Å²) in [5.74, 6) is 1.57. The molecule has 0 fully saturated rings. The second-order valence-corrected chi connectivity index (χ2v) is 10.1. The lowest BCUT2D eigenvalue weighted by Crippen LogP contribution is -2.17. The lowest BCUT2D eigenvalue weighted by atomic mass is 10.2. The van der Waals surface area contributed by atoms with Crippen molar-refractivity contribution in [1.82, 2.24) is 14.8 Å². The zero-order valence-corrected chi connectivity index (χ0v) is 19.6. The molecule has 0 radical (unpaired) electrons. The van der Waals surface area contributed by atoms with Gasteiger partial charge >= 0.3 is 0 Å². The van der Waals surface area contributed by atoms with Gasteiger partial charge in [-0.2, -0.15) is 5.26 Å². The molecule has 3 aromatic rings. The highest BCUT2D eigenvalue weighted by Gasteiger charge is 2.21. The van der Waals surface area contributed by atoms with Crippen molar-refractivity contribution < 1.29 is 4.79 Å². The minimum Gasteiger partial charge on any atom is -0.310 e. The molecule has 0 saturated heterocycles. The Morgan fingerprint density at radius 1 is 1.20 bits per heavy atom. The van der Waals surface area contributed by atoms with E-state index in [4.69, 9.17) is 0 Å². The molecule has 2 heterocycles. The quantitative estimate of drug-likeness (QED) is 0.340. The number of thioether (sulfide) groups is 2. The van der Waals surface area contributed by atoms with Crippen LogP contribution in [0.2, 0.25) is 0 Å². The van der Waals surface area contributed by atoms with Gasteiger partial charge in [0.15, 0.2) is 8.68 Å². The second kappa shape index (κ2) is 10.7. The fraction of sp³-hybridized carbons (Fsp3) is 0.333. The van der Waals surface area contributed by atoms with Crippen molar-refractivity contribution in [2.45, 2.75) is 42.3 Å². The Morgan fingerprint density at radius 2 is 1.90 bits per heavy atom. The van der Waals surface area contributed by atoms with E-state index >= 15 is 0 Å². The van der Waals surface area contributed by atoms with E-state index in [0.717, 1.165) is 44.2 Å². The number of para-hydroxylation sites is 1. The maximum absolute atomic E-state index is 12.7. The summed E-state index contributed by atoms with van der Waals surface area (Å²) in [6.07, 6.45) is 2.30. The minimum absolute atomic E-state index is 0.179. The van der Waals surface area contributed by atoms with Crippen LogP contribution in [0.4, 0.5) is 5.82 Å². The van der Waals surface area contributed by atoms with E-state index in [1.54, 1.807) is 11.8 Å². The van der Waals surface area contributed by atoms with Crippen LogP contribution in [-0.2, 0) is 4.79 Å². The highest BCUT2D eigenvalue weighted by molar-refractivity contribution is 8.03. The fourth-order valence-corrected chi connectivity index (χ4v) is 5.85. The van der Waals surface area contributed by atoms with Crippen LogP contribution in [0.25, 0.3) is 5.69 Å². The average molecular weight is 458 g/mol. The first-order valence-corrected chi connectivity index (χ1v) is 12.4. The molecule has 0 aliphatic rings. The molecular weight excluding hydrogens is 434 g/mol. The van der Waals surface area contributed by atoms with Gasteiger partial charge in [-0.05, 0) is 38.0 Å². The van der Waals surface area contributed by atoms with Crippen LogP contribution >= 0.6 is 34.9 Å². The number of aromatic nitrogens is 3. The molecule has 0 aliphatic heterocycles. The third-order valence-electron chi connectivity index (χ3n) is 4.54. The Kier molecular flexibility index (Phi) is 7.96. The SMILES string of the molecule is CCCCSc1nnc(SCC(=O)Nc2c(C#N)c(C)c(C)n2-c2ccccc2)s1. The first-order valence-electron chi connectivity index (χ1n) is 9.61. The third kappa shape index (κ3) is 5.25. The Bertz CT molecular complexity index is 1050. The first-order chi connectivity index (χ1) is 14.5. The number of nitriles is 1. The third-order valence-corrected chi connectivity index (χ3v) is 7.81. The molecule has 3 rings (SSSR count). The molecule has 0 unspecified atom stereocenters. The standard InChI is InChI=1S/C21H23N5OS3/c1-4-5-11-28-20-24-25-21(30-20)29-13-18(27)23-19-17(12-22)14(2)15(3)26(19)16-9-7-6-8-10-16/h6-10H,4-5,11,13H2,1-3H3,(H,23,27). The number of benzene rings is 1. The molecule has 156 valence electrons. The fourth-order valence-electron chi connectivity index (χ4n) is 2.87. The Hall–Kier alpha value is -2.28. The van der Waals surface area contributed by atoms with Crippen LogP contribution in [-0.4, -0.2) is 32.2 Å². The zero-order chi connectivity index (χ0) is 21.5. The highest BCUT2D eigenvalue weighted by Crippen LogP contribution is 2.31. The predicted molar refractivity (Wildman–Crippen MR) is 125 cm³/mol. The average Bonchev–Trinajstić information content (AvgIpc) is 3.30. The highest BCUT2D eigenvalue weighted by atomic mass is 32.2. The van der Waals surface area contributed by atoms with Crippen molar-refractivity contribution >= 4 is 46.6 Å². The van der Waals surface area contributed by atoms with E-state index in [1.165, 1.54) is 23.1 Å². The van der Waals surface area contributed by atoms with E-state index in [2.05, 4.69) is 28.5 Å². The van der Waals surface area contributed by atoms with Crippen LogP contribution in [0.1, 0.15) is 36.6 Å². The van der Waals surface area contributed by atoms with Gasteiger partial charge in [0, 0.05) is 17.1 Å². The molecule has 1 amide bonds. The van der Waals surface area contributed by atoms with Crippen LogP contribution in [0.15, 0.2) is 39.0 Å². The number of carbonyl (C=O) groups is 1. The first kappa shape index (κ1) is 22.4. The molecule has 1 N–H and O–H groups in total. The van der Waals surface area contributed by atoms with Gasteiger partial charge in [-0.3, -0.25) is 9.36 Å². The van der Waals surface area contributed by atoms with E-state index in [9.17, 15) is 10.1 Å². The van der Waals surface area contributed by atoms with Crippen molar-refractivity contribution in [3.8, 4) is 11.8 Å². The van der Waals surface area contributed by atoms with Gasteiger partial charge in [0.1, 0.15) is 11.9 Å². The number of nitrogens with zero attached hydrogens (tertiary/aromatic N) is 4. The molecule has 0 atom stereocenters. The summed E-state index contributed by atoms with van der Waals surface area (Å²) in [5, 5.41) is 20.9. The summed E-state index contributed by atoms with van der Waals surface area (Å²) in [6.45, 7) is 6.01. The summed E-state index contributed by atoms with van der Waals surface area (Å²) in [7, 11) is 0. The predicted octanol–water partition coefficient (Wildman–Crippen LogP) is 5.44. The Labute approximate surface area is 189 Å². The lowest BCUT2D eigenvalue weighted by molar-refractivity contribution is -0.113. The molecule has 30 heavy (non-hydrogen) atoms. The molecule has 1 aromatic carbocycles. The number of hydrogen-bond donors (Lipinski definition) is 1. The largest absolute Gasteiger partial charge is 0.310 e. The van der Waals surface area contributed by atoms with Gasteiger partial charge in [-0.25, -0.2) is 0 Å². The van der Waals surface area contributed by atoms with Gasteiger partial charge in [0.2, 0.25) is 5.91 Å². The molecule has 9 heteroatoms. The van der Waals surface area contributed by atoms with Crippen molar-refractivity contribution in [2.75, 3.05) is 16.8 Å². The summed E-state index contributed by atoms with van der Waals surface area (Å²) in [5.41, 5.74) is 3.18. The molecule has 2 aromatic heterocycles. The van der Waals surface area contributed by atoms with Crippen molar-refractivity contribution in [3.05, 3.63) is 47.2 Å². The summed E-state index contributed by atoms with van der Waals surface area (Å²) >= 11 is 4.58. The number of carbonyl (C=O) groups excluding carboxylic acids is 1. The molecule has 0 spiro atoms. The van der Waals surface area contributed by atoms with Gasteiger partial charge in [0.05, 0.1) is 11.3 Å². The number of anilines is 1. The van der Waals surface area contributed by atoms with Gasteiger partial charge in [-0.1, -0.05) is 66.4 Å². The summed E-state index contributed by atoms with van der Waals surface area (Å²) in [6, 6.07) is 12.0. The van der Waals surface area contributed by atoms with Gasteiger partial charge in [-0.15, -0.1) is 10.2 Å². The lowest BCUT2D eigenvalue weighted by Gasteiger charge is -2.13. The van der Waals surface area contributed by atoms with Crippen LogP contribution in [0.5, 0.6) is 0 Å². The topological polar surface area (TPSA) is 83.6 Å². The van der Waals surface area contributed by atoms with Gasteiger partial charge < -0.3 is 5.32 Å². The minimum atomic E-state index is -0.179. The maximum atomic E-state index is 12.7. The number of unbranched alkanes of at least 4 members (excludes halogenated alkanes) is 1. The van der Waals surface area contributed by atoms with E-state index in [1.807, 2.05) is 48.7 Å². The van der Waals surface area contributed by atoms with Crippen molar-refractivity contribution in [1.29, 1.82) is 5.26 Å². The molecule has 0 bridgehead atoms. The van der Waals surface area contributed by atoms with E-state index in [-0.39, 0.29) is 11.7 Å². The number of amides is 1. The summed E-state index contributed by atoms with van der Waals surface area (Å²) < 4.78 is 3.63. The molecular formula is C21H23N5OS3. The number of nitrogens with one attached hydrogen (secondary N) is 1. The van der Waals surface area contributed by atoms with E-state index < -0.39 is 0 Å². The Balaban J connectivity index is 1.71. The van der Waals surface area contributed by atoms with E-state index in [0.29, 0.717) is 11.4 Å². The van der Waals surface area contributed by atoms with Crippen LogP contribution < -0.4 is 5.32 Å². The molecule has 0 saturated carbocycles. The van der Waals surface area contributed by atoms with Gasteiger partial charge in [0.25, 0.3) is 0 Å². The smallest absolute Gasteiger partial charge is 0.235 e. The maximum Gasteiger partial charge on any atom is 0.235 e. The zero-order valence-electron chi connectivity index (χ0n) is 17.1. The van der Waals surface area contributed by atoms with Crippen molar-refractivity contribution in [2.24, 2.45) is 0 Å². The van der Waals surface area contributed by atoms with Crippen LogP contribution in [0, 0.1) is 25.2 Å². The normalized spacial score (nSPS) is 10.7. The molecule has 0 aliphatic carbocycles. The monoisotopic (exact) mass is 457 g/mol. The summed E-state index contributed by atoms with van der Waals surface area (Å²) in [4.78, 5) is 12.7.